The van der Waals surface area contributed by atoms with Crippen LogP contribution in [0.3, 0.4) is 0 Å². The van der Waals surface area contributed by atoms with Crippen LogP contribution in [-0.2, 0) is 6.54 Å². The largest absolute Gasteiger partial charge is 0.496 e. The molecule has 37 heavy (non-hydrogen) atoms. The van der Waals surface area contributed by atoms with Crippen LogP contribution in [-0.4, -0.2) is 68.7 Å². The molecule has 3 aromatic carbocycles. The number of benzene rings is 3. The van der Waals surface area contributed by atoms with Crippen molar-refractivity contribution in [3.05, 3.63) is 77.9 Å². The van der Waals surface area contributed by atoms with Gasteiger partial charge < -0.3 is 19.3 Å². The van der Waals surface area contributed by atoms with Gasteiger partial charge in [0.05, 0.1) is 13.7 Å². The summed E-state index contributed by atoms with van der Waals surface area (Å²) in [6.45, 7) is 12.8. The lowest BCUT2D eigenvalue weighted by Crippen LogP contribution is -2.46. The van der Waals surface area contributed by atoms with E-state index in [1.54, 1.807) is 7.11 Å². The normalized spacial score (nSPS) is 13.9. The number of hydrogen-bond acceptors (Lipinski definition) is 5. The molecule has 1 heterocycles. The molecule has 6 nitrogen and oxygen atoms in total. The van der Waals surface area contributed by atoms with Crippen molar-refractivity contribution in [2.45, 2.75) is 27.3 Å². The van der Waals surface area contributed by atoms with Crippen molar-refractivity contribution in [1.29, 1.82) is 0 Å². The van der Waals surface area contributed by atoms with Crippen LogP contribution in [0.1, 0.15) is 36.7 Å². The first-order valence-electron chi connectivity index (χ1n) is 13.3. The first-order chi connectivity index (χ1) is 18.1. The molecule has 0 spiro atoms. The van der Waals surface area contributed by atoms with Crippen molar-refractivity contribution in [2.24, 2.45) is 0 Å². The van der Waals surface area contributed by atoms with Gasteiger partial charge in [-0.3, -0.25) is 9.69 Å². The highest BCUT2D eigenvalue weighted by Gasteiger charge is 2.20. The van der Waals surface area contributed by atoms with Crippen LogP contribution in [0.2, 0.25) is 0 Å². The van der Waals surface area contributed by atoms with Gasteiger partial charge in [0.2, 0.25) is 0 Å². The van der Waals surface area contributed by atoms with Crippen LogP contribution < -0.4 is 14.4 Å². The van der Waals surface area contributed by atoms with Gasteiger partial charge in [-0.2, -0.15) is 0 Å². The predicted octanol–water partition coefficient (Wildman–Crippen LogP) is 5.57. The van der Waals surface area contributed by atoms with Crippen LogP contribution >= 0.6 is 0 Å². The predicted molar refractivity (Wildman–Crippen MR) is 151 cm³/mol. The second-order valence-electron chi connectivity index (χ2n) is 9.27. The Kier molecular flexibility index (Phi) is 9.07. The number of amides is 1. The first kappa shape index (κ1) is 26.6. The van der Waals surface area contributed by atoms with E-state index >= 15 is 0 Å². The summed E-state index contributed by atoms with van der Waals surface area (Å²) in [5.74, 6) is 1.89. The summed E-state index contributed by atoms with van der Waals surface area (Å²) in [5, 5.41) is 0. The average molecular weight is 502 g/mol. The summed E-state index contributed by atoms with van der Waals surface area (Å²) in [6, 6.07) is 22.7. The van der Waals surface area contributed by atoms with Crippen LogP contribution in [0.25, 0.3) is 11.1 Å². The molecule has 0 radical (unpaired) electrons. The Morgan fingerprint density at radius 2 is 1.57 bits per heavy atom. The Bertz CT molecular complexity index is 1170. The molecule has 0 unspecified atom stereocenters. The number of rotatable bonds is 10. The van der Waals surface area contributed by atoms with Crippen LogP contribution in [0.5, 0.6) is 11.5 Å². The maximum absolute atomic E-state index is 12.6. The van der Waals surface area contributed by atoms with E-state index in [0.717, 1.165) is 74.0 Å². The number of piperazine rings is 1. The summed E-state index contributed by atoms with van der Waals surface area (Å²) in [6.07, 6.45) is 0. The fourth-order valence-electron chi connectivity index (χ4n) is 4.90. The lowest BCUT2D eigenvalue weighted by Gasteiger charge is -2.36. The van der Waals surface area contributed by atoms with Crippen molar-refractivity contribution in [3.63, 3.8) is 0 Å². The van der Waals surface area contributed by atoms with Crippen LogP contribution in [0.4, 0.5) is 5.69 Å². The minimum Gasteiger partial charge on any atom is -0.496 e. The van der Waals surface area contributed by atoms with Gasteiger partial charge in [-0.15, -0.1) is 0 Å². The molecule has 1 amide bonds. The van der Waals surface area contributed by atoms with Gasteiger partial charge in [-0.25, -0.2) is 0 Å². The Morgan fingerprint density at radius 1 is 0.865 bits per heavy atom. The molecule has 6 heteroatoms. The number of carbonyl (C=O) groups excluding carboxylic acids is 1. The van der Waals surface area contributed by atoms with Crippen LogP contribution in [0, 0.1) is 0 Å². The monoisotopic (exact) mass is 501 g/mol. The zero-order valence-electron chi connectivity index (χ0n) is 22.6. The second-order valence-corrected chi connectivity index (χ2v) is 9.27. The highest BCUT2D eigenvalue weighted by Crippen LogP contribution is 2.30. The summed E-state index contributed by atoms with van der Waals surface area (Å²) in [7, 11) is 1.74. The van der Waals surface area contributed by atoms with Gasteiger partial charge >= 0.3 is 0 Å². The highest BCUT2D eigenvalue weighted by atomic mass is 16.5. The summed E-state index contributed by atoms with van der Waals surface area (Å²) < 4.78 is 11.4. The molecule has 4 rings (SSSR count). The zero-order chi connectivity index (χ0) is 26.2. The Hall–Kier alpha value is -3.51. The number of ether oxygens (including phenoxy) is 2. The smallest absolute Gasteiger partial charge is 0.253 e. The van der Waals surface area contributed by atoms with E-state index < -0.39 is 0 Å². The van der Waals surface area contributed by atoms with E-state index in [0.29, 0.717) is 6.61 Å². The quantitative estimate of drug-likeness (QED) is 0.364. The average Bonchev–Trinajstić information content (AvgIpc) is 2.95. The number of hydrogen-bond donors (Lipinski definition) is 0. The van der Waals surface area contributed by atoms with Gasteiger partial charge in [0.1, 0.15) is 11.5 Å². The van der Waals surface area contributed by atoms with Gasteiger partial charge in [-0.1, -0.05) is 24.3 Å². The number of nitrogens with zero attached hydrogens (tertiary/aromatic N) is 3. The molecule has 0 atom stereocenters. The molecule has 0 saturated carbocycles. The van der Waals surface area contributed by atoms with E-state index in [4.69, 9.17) is 9.47 Å². The Labute approximate surface area is 221 Å². The molecule has 0 aliphatic carbocycles. The Balaban J connectivity index is 1.36. The van der Waals surface area contributed by atoms with Gasteiger partial charge in [0, 0.05) is 62.6 Å². The number of anilines is 1. The van der Waals surface area contributed by atoms with Crippen molar-refractivity contribution in [3.8, 4) is 22.6 Å². The molecule has 196 valence electrons. The maximum Gasteiger partial charge on any atom is 0.253 e. The van der Waals surface area contributed by atoms with Gasteiger partial charge in [0.15, 0.2) is 0 Å². The third kappa shape index (κ3) is 6.44. The molecular formula is C31H39N3O3. The fraction of sp³-hybridized carbons (Fsp3) is 0.387. The minimum atomic E-state index is 0.100. The molecule has 0 N–H and O–H groups in total. The minimum absolute atomic E-state index is 0.100. The first-order valence-corrected chi connectivity index (χ1v) is 13.3. The maximum atomic E-state index is 12.6. The summed E-state index contributed by atoms with van der Waals surface area (Å²) >= 11 is 0. The molecule has 1 fully saturated rings. The van der Waals surface area contributed by atoms with Gasteiger partial charge in [-0.05, 0) is 74.4 Å². The fourth-order valence-corrected chi connectivity index (χ4v) is 4.90. The van der Waals surface area contributed by atoms with Gasteiger partial charge in [0.25, 0.3) is 5.91 Å². The van der Waals surface area contributed by atoms with E-state index in [1.165, 1.54) is 11.3 Å². The van der Waals surface area contributed by atoms with Crippen molar-refractivity contribution in [2.75, 3.05) is 57.9 Å². The van der Waals surface area contributed by atoms with E-state index in [1.807, 2.05) is 49.9 Å². The third-order valence-corrected chi connectivity index (χ3v) is 7.06. The lowest BCUT2D eigenvalue weighted by atomic mass is 10.0. The molecule has 0 aromatic heterocycles. The third-order valence-electron chi connectivity index (χ3n) is 7.06. The molecule has 1 aliphatic rings. The molecule has 0 bridgehead atoms. The topological polar surface area (TPSA) is 45.2 Å². The van der Waals surface area contributed by atoms with Crippen LogP contribution in [0.15, 0.2) is 66.7 Å². The number of methoxy groups -OCH3 is 1. The number of carbonyl (C=O) groups is 1. The standard InChI is InChI=1S/C31H39N3O3/c1-5-33(6-2)31(35)24-13-15-28(16-14-24)34-19-17-32(18-20-34)23-27-12-11-26(22-30(27)36-4)25-9-8-10-29(21-25)37-7-3/h8-16,21-22H,5-7,17-20,23H2,1-4H3. The second kappa shape index (κ2) is 12.6. The Morgan fingerprint density at radius 3 is 2.22 bits per heavy atom. The summed E-state index contributed by atoms with van der Waals surface area (Å²) in [5.41, 5.74) is 5.36. The lowest BCUT2D eigenvalue weighted by molar-refractivity contribution is 0.0773. The molecule has 1 saturated heterocycles. The molecule has 1 aliphatic heterocycles. The molecular weight excluding hydrogens is 462 g/mol. The molecule has 3 aromatic rings. The van der Waals surface area contributed by atoms with E-state index in [-0.39, 0.29) is 5.91 Å². The SMILES string of the molecule is CCOc1cccc(-c2ccc(CN3CCN(c4ccc(C(=O)N(CC)CC)cc4)CC3)c(OC)c2)c1. The zero-order valence-corrected chi connectivity index (χ0v) is 22.6. The van der Waals surface area contributed by atoms with Crippen molar-refractivity contribution < 1.29 is 14.3 Å². The highest BCUT2D eigenvalue weighted by molar-refractivity contribution is 5.94. The van der Waals surface area contributed by atoms with E-state index in [2.05, 4.69) is 52.3 Å². The van der Waals surface area contributed by atoms with Crippen molar-refractivity contribution in [1.82, 2.24) is 9.80 Å². The van der Waals surface area contributed by atoms with Crippen molar-refractivity contribution >= 4 is 11.6 Å². The summed E-state index contributed by atoms with van der Waals surface area (Å²) in [4.78, 5) is 19.3. The van der Waals surface area contributed by atoms with E-state index in [9.17, 15) is 4.79 Å².